The van der Waals surface area contributed by atoms with Crippen molar-refractivity contribution in [2.45, 2.75) is 25.4 Å². The van der Waals surface area contributed by atoms with Crippen LogP contribution in [0, 0.1) is 0 Å². The number of ether oxygens (including phenoxy) is 1. The largest absolute Gasteiger partial charge is 0.456 e. The Morgan fingerprint density at radius 2 is 1.90 bits per heavy atom. The number of carbonyl (C=O) groups is 1. The molecule has 6 heteroatoms. The van der Waals surface area contributed by atoms with E-state index in [2.05, 4.69) is 9.97 Å². The first-order chi connectivity index (χ1) is 10.1. The monoisotopic (exact) mass is 322 g/mol. The number of rotatable bonds is 4. The molecule has 2 aromatic rings. The second-order valence-electron chi connectivity index (χ2n) is 4.91. The molecule has 0 aromatic carbocycles. The van der Waals surface area contributed by atoms with Crippen molar-refractivity contribution in [3.8, 4) is 0 Å². The number of hydrogen-bond acceptors (Lipinski definition) is 4. The summed E-state index contributed by atoms with van der Waals surface area (Å²) in [6.45, 7) is -0.00885. The molecule has 0 spiro atoms. The molecule has 0 aliphatic heterocycles. The Morgan fingerprint density at radius 3 is 2.48 bits per heavy atom. The molecule has 4 nitrogen and oxygen atoms in total. The van der Waals surface area contributed by atoms with Gasteiger partial charge in [-0.1, -0.05) is 29.3 Å². The second kappa shape index (κ2) is 6.00. The predicted molar refractivity (Wildman–Crippen MR) is 79.6 cm³/mol. The molecular formula is C15H12Cl2N2O2. The van der Waals surface area contributed by atoms with Crippen LogP contribution in [0.3, 0.4) is 0 Å². The van der Waals surface area contributed by atoms with Gasteiger partial charge in [-0.3, -0.25) is 4.98 Å². The molecule has 0 atom stereocenters. The maximum absolute atomic E-state index is 12.0. The number of pyridine rings is 2. The van der Waals surface area contributed by atoms with E-state index in [1.165, 1.54) is 30.8 Å². The molecule has 0 amide bonds. The van der Waals surface area contributed by atoms with Gasteiger partial charge in [0.25, 0.3) is 0 Å². The van der Waals surface area contributed by atoms with Crippen LogP contribution in [-0.2, 0) is 11.3 Å². The van der Waals surface area contributed by atoms with Gasteiger partial charge in [-0.05, 0) is 30.4 Å². The quantitative estimate of drug-likeness (QED) is 0.798. The van der Waals surface area contributed by atoms with E-state index in [-0.39, 0.29) is 12.3 Å². The molecule has 1 saturated carbocycles. The average Bonchev–Trinajstić information content (AvgIpc) is 3.31. The van der Waals surface area contributed by atoms with Gasteiger partial charge < -0.3 is 4.74 Å². The van der Waals surface area contributed by atoms with E-state index in [0.717, 1.165) is 0 Å². The fraction of sp³-hybridized carbons (Fsp3) is 0.267. The zero-order chi connectivity index (χ0) is 14.8. The summed E-state index contributed by atoms with van der Waals surface area (Å²) < 4.78 is 5.19. The summed E-state index contributed by atoms with van der Waals surface area (Å²) in [5, 5.41) is 0.736. The van der Waals surface area contributed by atoms with Crippen molar-refractivity contribution in [3.63, 3.8) is 0 Å². The summed E-state index contributed by atoms with van der Waals surface area (Å²) in [7, 11) is 0. The predicted octanol–water partition coefficient (Wildman–Crippen LogP) is 4.02. The normalized spacial score (nSPS) is 14.0. The molecule has 1 fully saturated rings. The molecule has 2 heterocycles. The molecule has 0 radical (unpaired) electrons. The molecule has 2 aromatic heterocycles. The fourth-order valence-corrected chi connectivity index (χ4v) is 2.45. The van der Waals surface area contributed by atoms with E-state index in [1.807, 2.05) is 6.07 Å². The SMILES string of the molecule is O=C(OCc1c(Cl)cncc1Cl)c1ccc(C2CC2)cn1. The van der Waals surface area contributed by atoms with E-state index < -0.39 is 5.97 Å². The van der Waals surface area contributed by atoms with Crippen molar-refractivity contribution in [1.29, 1.82) is 0 Å². The van der Waals surface area contributed by atoms with Crippen LogP contribution in [0.1, 0.15) is 40.4 Å². The van der Waals surface area contributed by atoms with Crippen LogP contribution in [0.2, 0.25) is 10.0 Å². The summed E-state index contributed by atoms with van der Waals surface area (Å²) in [4.78, 5) is 19.9. The average molecular weight is 323 g/mol. The number of hydrogen-bond donors (Lipinski definition) is 0. The first kappa shape index (κ1) is 14.3. The number of aromatic nitrogens is 2. The van der Waals surface area contributed by atoms with Gasteiger partial charge in [-0.15, -0.1) is 0 Å². The van der Waals surface area contributed by atoms with E-state index in [9.17, 15) is 4.79 Å². The van der Waals surface area contributed by atoms with E-state index in [1.54, 1.807) is 12.3 Å². The Kier molecular flexibility index (Phi) is 4.08. The fourth-order valence-electron chi connectivity index (χ4n) is 1.97. The Hall–Kier alpha value is -1.65. The standard InChI is InChI=1S/C15H12Cl2N2O2/c16-12-6-18-7-13(17)11(12)8-21-15(20)14-4-3-10(5-19-14)9-1-2-9/h3-7,9H,1-2,8H2. The van der Waals surface area contributed by atoms with Crippen molar-refractivity contribution < 1.29 is 9.53 Å². The summed E-state index contributed by atoms with van der Waals surface area (Å²) in [5.74, 6) is 0.110. The number of nitrogens with zero attached hydrogens (tertiary/aromatic N) is 2. The Labute approximate surface area is 132 Å². The van der Waals surface area contributed by atoms with Crippen molar-refractivity contribution in [2.75, 3.05) is 0 Å². The third-order valence-electron chi connectivity index (χ3n) is 3.34. The maximum Gasteiger partial charge on any atom is 0.357 e. The Balaban J connectivity index is 1.66. The minimum Gasteiger partial charge on any atom is -0.456 e. The van der Waals surface area contributed by atoms with Gasteiger partial charge in [0.15, 0.2) is 0 Å². The van der Waals surface area contributed by atoms with Crippen LogP contribution >= 0.6 is 23.2 Å². The van der Waals surface area contributed by atoms with Crippen molar-refractivity contribution >= 4 is 29.2 Å². The molecule has 0 unspecified atom stereocenters. The van der Waals surface area contributed by atoms with Crippen molar-refractivity contribution in [1.82, 2.24) is 9.97 Å². The zero-order valence-electron chi connectivity index (χ0n) is 11.1. The minimum atomic E-state index is -0.499. The molecule has 21 heavy (non-hydrogen) atoms. The van der Waals surface area contributed by atoms with Crippen molar-refractivity contribution in [3.05, 3.63) is 57.6 Å². The van der Waals surface area contributed by atoms with Crippen LogP contribution in [0.5, 0.6) is 0 Å². The van der Waals surface area contributed by atoms with Crippen LogP contribution in [0.15, 0.2) is 30.7 Å². The highest BCUT2D eigenvalue weighted by atomic mass is 35.5. The highest BCUT2D eigenvalue weighted by Crippen LogP contribution is 2.39. The lowest BCUT2D eigenvalue weighted by atomic mass is 10.2. The molecule has 1 aliphatic rings. The number of carbonyl (C=O) groups excluding carboxylic acids is 1. The molecular weight excluding hydrogens is 311 g/mol. The van der Waals surface area contributed by atoms with Gasteiger partial charge >= 0.3 is 5.97 Å². The molecule has 0 bridgehead atoms. The zero-order valence-corrected chi connectivity index (χ0v) is 12.6. The number of esters is 1. The topological polar surface area (TPSA) is 52.1 Å². The third kappa shape index (κ3) is 3.34. The summed E-state index contributed by atoms with van der Waals surface area (Å²) in [5.41, 5.74) is 1.99. The van der Waals surface area contributed by atoms with Crippen LogP contribution in [-0.4, -0.2) is 15.9 Å². The van der Waals surface area contributed by atoms with Gasteiger partial charge in [0.1, 0.15) is 12.3 Å². The first-order valence-electron chi connectivity index (χ1n) is 6.56. The number of halogens is 2. The minimum absolute atomic E-state index is 0.00885. The lowest BCUT2D eigenvalue weighted by Crippen LogP contribution is -2.08. The lowest BCUT2D eigenvalue weighted by molar-refractivity contribution is 0.0466. The van der Waals surface area contributed by atoms with E-state index >= 15 is 0 Å². The third-order valence-corrected chi connectivity index (χ3v) is 4.00. The van der Waals surface area contributed by atoms with Gasteiger partial charge in [-0.2, -0.15) is 0 Å². The molecule has 0 N–H and O–H groups in total. The second-order valence-corrected chi connectivity index (χ2v) is 5.72. The van der Waals surface area contributed by atoms with Gasteiger partial charge in [0.2, 0.25) is 0 Å². The summed E-state index contributed by atoms with van der Waals surface area (Å²) >= 11 is 11.9. The smallest absolute Gasteiger partial charge is 0.357 e. The van der Waals surface area contributed by atoms with Crippen LogP contribution in [0.4, 0.5) is 0 Å². The maximum atomic E-state index is 12.0. The molecule has 1 aliphatic carbocycles. The van der Waals surface area contributed by atoms with E-state index in [0.29, 0.717) is 21.5 Å². The van der Waals surface area contributed by atoms with Crippen LogP contribution < -0.4 is 0 Å². The summed E-state index contributed by atoms with van der Waals surface area (Å²) in [6.07, 6.45) is 7.05. The van der Waals surface area contributed by atoms with Gasteiger partial charge in [0, 0.05) is 24.2 Å². The molecule has 3 rings (SSSR count). The van der Waals surface area contributed by atoms with E-state index in [4.69, 9.17) is 27.9 Å². The Bertz CT molecular complexity index is 650. The highest BCUT2D eigenvalue weighted by Gasteiger charge is 2.24. The van der Waals surface area contributed by atoms with Crippen molar-refractivity contribution in [2.24, 2.45) is 0 Å². The Morgan fingerprint density at radius 1 is 1.19 bits per heavy atom. The highest BCUT2D eigenvalue weighted by molar-refractivity contribution is 6.35. The molecule has 108 valence electrons. The van der Waals surface area contributed by atoms with Crippen LogP contribution in [0.25, 0.3) is 0 Å². The first-order valence-corrected chi connectivity index (χ1v) is 7.31. The molecule has 0 saturated heterocycles. The summed E-state index contributed by atoms with van der Waals surface area (Å²) in [6, 6.07) is 3.61. The lowest BCUT2D eigenvalue weighted by Gasteiger charge is -2.07. The van der Waals surface area contributed by atoms with Gasteiger partial charge in [-0.25, -0.2) is 9.78 Å². The van der Waals surface area contributed by atoms with Gasteiger partial charge in [0.05, 0.1) is 10.0 Å².